The lowest BCUT2D eigenvalue weighted by Gasteiger charge is -2.05. The van der Waals surface area contributed by atoms with Crippen molar-refractivity contribution in [3.63, 3.8) is 0 Å². The SMILES string of the molecule is O=C(O)c1cc2nc(-c3ccc(F)cc3)c(=O)[nH]c2cc1F. The van der Waals surface area contributed by atoms with Gasteiger partial charge in [-0.1, -0.05) is 0 Å². The number of fused-ring (bicyclic) bond motifs is 1. The Morgan fingerprint density at radius 2 is 1.82 bits per heavy atom. The first-order valence-corrected chi connectivity index (χ1v) is 6.18. The van der Waals surface area contributed by atoms with Crippen LogP contribution in [0.15, 0.2) is 41.2 Å². The van der Waals surface area contributed by atoms with Gasteiger partial charge < -0.3 is 10.1 Å². The van der Waals surface area contributed by atoms with Crippen molar-refractivity contribution in [2.45, 2.75) is 0 Å². The number of carboxylic acids is 1. The van der Waals surface area contributed by atoms with E-state index in [2.05, 4.69) is 9.97 Å². The summed E-state index contributed by atoms with van der Waals surface area (Å²) in [5, 5.41) is 8.92. The smallest absolute Gasteiger partial charge is 0.338 e. The lowest BCUT2D eigenvalue weighted by atomic mass is 10.1. The Kier molecular flexibility index (Phi) is 3.17. The maximum atomic E-state index is 13.6. The highest BCUT2D eigenvalue weighted by molar-refractivity contribution is 5.92. The molecule has 2 N–H and O–H groups in total. The van der Waals surface area contributed by atoms with Crippen molar-refractivity contribution in [2.75, 3.05) is 0 Å². The number of aromatic amines is 1. The molecule has 3 rings (SSSR count). The van der Waals surface area contributed by atoms with Gasteiger partial charge in [-0.3, -0.25) is 4.79 Å². The minimum Gasteiger partial charge on any atom is -0.478 e. The number of aromatic carboxylic acids is 1. The first kappa shape index (κ1) is 13.9. The van der Waals surface area contributed by atoms with Gasteiger partial charge in [0.2, 0.25) is 0 Å². The zero-order valence-corrected chi connectivity index (χ0v) is 10.9. The van der Waals surface area contributed by atoms with Gasteiger partial charge in [-0.2, -0.15) is 0 Å². The summed E-state index contributed by atoms with van der Waals surface area (Å²) in [7, 11) is 0. The maximum Gasteiger partial charge on any atom is 0.338 e. The van der Waals surface area contributed by atoms with Crippen molar-refractivity contribution in [2.24, 2.45) is 0 Å². The Hall–Kier alpha value is -3.09. The molecule has 0 unspecified atom stereocenters. The highest BCUT2D eigenvalue weighted by atomic mass is 19.1. The second kappa shape index (κ2) is 5.03. The fourth-order valence-electron chi connectivity index (χ4n) is 2.07. The molecule has 3 aromatic rings. The van der Waals surface area contributed by atoms with E-state index in [4.69, 9.17) is 5.11 Å². The molecule has 1 aromatic heterocycles. The van der Waals surface area contributed by atoms with Crippen molar-refractivity contribution in [3.05, 3.63) is 63.9 Å². The van der Waals surface area contributed by atoms with Crippen LogP contribution in [0.5, 0.6) is 0 Å². The van der Waals surface area contributed by atoms with E-state index in [0.29, 0.717) is 5.56 Å². The number of nitrogens with zero attached hydrogens (tertiary/aromatic N) is 1. The average Bonchev–Trinajstić information content (AvgIpc) is 2.47. The molecule has 0 bridgehead atoms. The van der Waals surface area contributed by atoms with Crippen molar-refractivity contribution in [1.29, 1.82) is 0 Å². The minimum atomic E-state index is -1.43. The zero-order chi connectivity index (χ0) is 15.9. The largest absolute Gasteiger partial charge is 0.478 e. The molecule has 110 valence electrons. The monoisotopic (exact) mass is 302 g/mol. The van der Waals surface area contributed by atoms with Crippen LogP contribution in [0, 0.1) is 11.6 Å². The van der Waals surface area contributed by atoms with Crippen LogP contribution in [-0.4, -0.2) is 21.0 Å². The molecular weight excluding hydrogens is 294 g/mol. The van der Waals surface area contributed by atoms with Gasteiger partial charge in [0, 0.05) is 11.6 Å². The quantitative estimate of drug-likeness (QED) is 0.762. The number of halogens is 2. The summed E-state index contributed by atoms with van der Waals surface area (Å²) in [6.45, 7) is 0. The van der Waals surface area contributed by atoms with E-state index in [0.717, 1.165) is 12.1 Å². The summed E-state index contributed by atoms with van der Waals surface area (Å²) in [4.78, 5) is 29.4. The second-order valence-corrected chi connectivity index (χ2v) is 4.58. The number of nitrogens with one attached hydrogen (secondary N) is 1. The zero-order valence-electron chi connectivity index (χ0n) is 10.9. The summed E-state index contributed by atoms with van der Waals surface area (Å²) in [6.07, 6.45) is 0. The number of carboxylic acid groups (broad SMARTS) is 1. The predicted octanol–water partition coefficient (Wildman–Crippen LogP) is 2.57. The summed E-state index contributed by atoms with van der Waals surface area (Å²) < 4.78 is 26.5. The molecule has 5 nitrogen and oxygen atoms in total. The number of rotatable bonds is 2. The van der Waals surface area contributed by atoms with Crippen LogP contribution in [-0.2, 0) is 0 Å². The van der Waals surface area contributed by atoms with Crippen LogP contribution in [0.2, 0.25) is 0 Å². The third-order valence-electron chi connectivity index (χ3n) is 3.13. The molecule has 0 atom stereocenters. The molecule has 0 saturated heterocycles. The Balaban J connectivity index is 2.26. The highest BCUT2D eigenvalue weighted by Gasteiger charge is 2.14. The van der Waals surface area contributed by atoms with Gasteiger partial charge in [-0.15, -0.1) is 0 Å². The van der Waals surface area contributed by atoms with E-state index in [1.165, 1.54) is 24.3 Å². The van der Waals surface area contributed by atoms with Gasteiger partial charge in [-0.05, 0) is 30.3 Å². The standard InChI is InChI=1S/C15H8F2N2O3/c16-8-3-1-7(2-4-8)13-14(20)19-12-6-10(17)9(15(21)22)5-11(12)18-13/h1-6H,(H,19,20)(H,21,22). The molecule has 0 aliphatic heterocycles. The van der Waals surface area contributed by atoms with Gasteiger partial charge in [0.15, 0.2) is 0 Å². The number of aromatic nitrogens is 2. The molecule has 22 heavy (non-hydrogen) atoms. The Morgan fingerprint density at radius 1 is 1.14 bits per heavy atom. The first-order chi connectivity index (χ1) is 10.5. The van der Waals surface area contributed by atoms with Gasteiger partial charge in [0.1, 0.15) is 17.3 Å². The van der Waals surface area contributed by atoms with Crippen LogP contribution in [0.1, 0.15) is 10.4 Å². The molecular formula is C15H8F2N2O3. The van der Waals surface area contributed by atoms with Gasteiger partial charge >= 0.3 is 5.97 Å². The van der Waals surface area contributed by atoms with Crippen LogP contribution >= 0.6 is 0 Å². The van der Waals surface area contributed by atoms with Crippen molar-refractivity contribution in [3.8, 4) is 11.3 Å². The Morgan fingerprint density at radius 3 is 2.45 bits per heavy atom. The summed E-state index contributed by atoms with van der Waals surface area (Å²) in [6, 6.07) is 7.04. The molecule has 0 aliphatic carbocycles. The summed E-state index contributed by atoms with van der Waals surface area (Å²) in [5.74, 6) is -2.86. The Bertz CT molecular complexity index is 949. The molecule has 0 fully saturated rings. The number of hydrogen-bond acceptors (Lipinski definition) is 3. The lowest BCUT2D eigenvalue weighted by Crippen LogP contribution is -2.12. The fourth-order valence-corrected chi connectivity index (χ4v) is 2.07. The molecule has 0 amide bonds. The van der Waals surface area contributed by atoms with E-state index in [1.807, 2.05) is 0 Å². The van der Waals surface area contributed by atoms with Crippen LogP contribution < -0.4 is 5.56 Å². The molecule has 0 saturated carbocycles. The van der Waals surface area contributed by atoms with Crippen molar-refractivity contribution in [1.82, 2.24) is 9.97 Å². The molecule has 0 radical (unpaired) electrons. The summed E-state index contributed by atoms with van der Waals surface area (Å²) in [5.41, 5.74) is -0.559. The minimum absolute atomic E-state index is 0.00422. The highest BCUT2D eigenvalue weighted by Crippen LogP contribution is 2.19. The number of carbonyl (C=O) groups is 1. The van der Waals surface area contributed by atoms with Gasteiger partial charge in [0.25, 0.3) is 5.56 Å². The molecule has 2 aromatic carbocycles. The third-order valence-corrected chi connectivity index (χ3v) is 3.13. The van der Waals surface area contributed by atoms with E-state index in [9.17, 15) is 18.4 Å². The van der Waals surface area contributed by atoms with Crippen LogP contribution in [0.3, 0.4) is 0 Å². The average molecular weight is 302 g/mol. The maximum absolute atomic E-state index is 13.6. The van der Waals surface area contributed by atoms with E-state index < -0.39 is 28.7 Å². The first-order valence-electron chi connectivity index (χ1n) is 6.18. The molecule has 1 heterocycles. The number of hydrogen-bond donors (Lipinski definition) is 2. The molecule has 0 spiro atoms. The lowest BCUT2D eigenvalue weighted by molar-refractivity contribution is 0.0692. The number of H-pyrrole nitrogens is 1. The second-order valence-electron chi connectivity index (χ2n) is 4.58. The topological polar surface area (TPSA) is 83.0 Å². The van der Waals surface area contributed by atoms with Crippen LogP contribution in [0.25, 0.3) is 22.3 Å². The van der Waals surface area contributed by atoms with Crippen molar-refractivity contribution < 1.29 is 18.7 Å². The van der Waals surface area contributed by atoms with Gasteiger partial charge in [0.05, 0.1) is 16.6 Å². The van der Waals surface area contributed by atoms with Crippen LogP contribution in [0.4, 0.5) is 8.78 Å². The summed E-state index contributed by atoms with van der Waals surface area (Å²) >= 11 is 0. The van der Waals surface area contributed by atoms with E-state index in [1.54, 1.807) is 0 Å². The van der Waals surface area contributed by atoms with E-state index in [-0.39, 0.29) is 16.7 Å². The Labute approximate surface area is 121 Å². The molecule has 7 heteroatoms. The number of benzene rings is 2. The van der Waals surface area contributed by atoms with Gasteiger partial charge in [-0.25, -0.2) is 18.6 Å². The molecule has 0 aliphatic rings. The van der Waals surface area contributed by atoms with Crippen molar-refractivity contribution >= 4 is 17.0 Å². The van der Waals surface area contributed by atoms with E-state index >= 15 is 0 Å². The predicted molar refractivity (Wildman–Crippen MR) is 74.7 cm³/mol. The third kappa shape index (κ3) is 2.32. The fraction of sp³-hybridized carbons (Fsp3) is 0. The normalized spacial score (nSPS) is 10.8.